The van der Waals surface area contributed by atoms with E-state index in [2.05, 4.69) is 20.3 Å². The van der Waals surface area contributed by atoms with E-state index in [1.54, 1.807) is 0 Å². The second-order valence-corrected chi connectivity index (χ2v) is 3.64. The molecule has 0 aromatic carbocycles. The van der Waals surface area contributed by atoms with Crippen molar-refractivity contribution in [3.8, 4) is 0 Å². The third-order valence-corrected chi connectivity index (χ3v) is 2.39. The van der Waals surface area contributed by atoms with Crippen LogP contribution in [0.15, 0.2) is 11.1 Å². The lowest BCUT2D eigenvalue weighted by molar-refractivity contribution is 0.310. The minimum atomic E-state index is -0.342. The lowest BCUT2D eigenvalue weighted by atomic mass is 10.4. The van der Waals surface area contributed by atoms with Gasteiger partial charge in [0.2, 0.25) is 5.95 Å². The van der Waals surface area contributed by atoms with Crippen LogP contribution >= 0.6 is 0 Å². The number of aliphatic hydroxyl groups is 1. The summed E-state index contributed by atoms with van der Waals surface area (Å²) >= 11 is 0. The number of aromatic nitrogens is 4. The van der Waals surface area contributed by atoms with Crippen molar-refractivity contribution in [3.63, 3.8) is 0 Å². The van der Waals surface area contributed by atoms with Crippen LogP contribution in [0.3, 0.4) is 0 Å². The second-order valence-electron chi connectivity index (χ2n) is 3.64. The molecule has 0 aliphatic heterocycles. The predicted molar refractivity (Wildman–Crippen MR) is 64.0 cm³/mol. The van der Waals surface area contributed by atoms with E-state index in [1.807, 2.05) is 11.5 Å². The van der Waals surface area contributed by atoms with E-state index in [-0.39, 0.29) is 12.2 Å². The molecule has 0 aliphatic rings. The maximum absolute atomic E-state index is 11.7. The van der Waals surface area contributed by atoms with Gasteiger partial charge >= 0.3 is 5.56 Å². The molecule has 0 atom stereocenters. The van der Waals surface area contributed by atoms with Gasteiger partial charge in [-0.05, 0) is 6.42 Å². The number of imidazole rings is 1. The number of nitrogens with one attached hydrogen (secondary N) is 2. The van der Waals surface area contributed by atoms with Crippen LogP contribution in [0.5, 0.6) is 0 Å². The SMILES string of the molecule is CCCn1c(NCCO)nc(=O)c2[nH]cnc21. The van der Waals surface area contributed by atoms with Gasteiger partial charge in [-0.3, -0.25) is 9.36 Å². The van der Waals surface area contributed by atoms with Gasteiger partial charge in [0.1, 0.15) is 0 Å². The van der Waals surface area contributed by atoms with Gasteiger partial charge in [0, 0.05) is 13.1 Å². The number of aryl methyl sites for hydroxylation is 1. The Morgan fingerprint density at radius 3 is 3.12 bits per heavy atom. The number of hydrogen-bond acceptors (Lipinski definition) is 5. The van der Waals surface area contributed by atoms with Crippen LogP contribution in [0, 0.1) is 0 Å². The number of anilines is 1. The van der Waals surface area contributed by atoms with Gasteiger partial charge in [-0.1, -0.05) is 6.92 Å². The summed E-state index contributed by atoms with van der Waals surface area (Å²) in [6, 6.07) is 0. The number of hydrogen-bond donors (Lipinski definition) is 3. The van der Waals surface area contributed by atoms with E-state index in [0.29, 0.717) is 30.2 Å². The van der Waals surface area contributed by atoms with Gasteiger partial charge in [0.15, 0.2) is 11.2 Å². The smallest absolute Gasteiger partial charge is 0.300 e. The highest BCUT2D eigenvalue weighted by Gasteiger charge is 2.11. The van der Waals surface area contributed by atoms with E-state index < -0.39 is 0 Å². The normalized spacial score (nSPS) is 10.9. The Hall–Kier alpha value is -1.89. The molecule has 92 valence electrons. The van der Waals surface area contributed by atoms with Crippen molar-refractivity contribution in [2.75, 3.05) is 18.5 Å². The first kappa shape index (κ1) is 11.6. The van der Waals surface area contributed by atoms with Crippen LogP contribution in [0.25, 0.3) is 11.2 Å². The maximum atomic E-state index is 11.7. The van der Waals surface area contributed by atoms with Crippen LogP contribution < -0.4 is 10.9 Å². The summed E-state index contributed by atoms with van der Waals surface area (Å²) in [6.45, 7) is 3.08. The Morgan fingerprint density at radius 2 is 2.41 bits per heavy atom. The first-order chi connectivity index (χ1) is 8.27. The summed E-state index contributed by atoms with van der Waals surface area (Å²) in [4.78, 5) is 22.5. The first-order valence-corrected chi connectivity index (χ1v) is 5.56. The van der Waals surface area contributed by atoms with Crippen molar-refractivity contribution in [2.45, 2.75) is 19.9 Å². The van der Waals surface area contributed by atoms with Gasteiger partial charge in [0.25, 0.3) is 0 Å². The van der Waals surface area contributed by atoms with Crippen molar-refractivity contribution in [1.82, 2.24) is 19.5 Å². The molecule has 17 heavy (non-hydrogen) atoms. The zero-order valence-electron chi connectivity index (χ0n) is 9.60. The Bertz CT molecular complexity index is 559. The quantitative estimate of drug-likeness (QED) is 0.676. The summed E-state index contributed by atoms with van der Waals surface area (Å²) in [5.41, 5.74) is 0.658. The molecule has 0 spiro atoms. The lowest BCUT2D eigenvalue weighted by Crippen LogP contribution is -2.21. The number of H-pyrrole nitrogens is 1. The van der Waals surface area contributed by atoms with Gasteiger partial charge < -0.3 is 15.4 Å². The molecule has 7 nitrogen and oxygen atoms in total. The third-order valence-electron chi connectivity index (χ3n) is 2.39. The van der Waals surface area contributed by atoms with E-state index in [0.717, 1.165) is 6.42 Å². The van der Waals surface area contributed by atoms with E-state index in [1.165, 1.54) is 6.33 Å². The molecule has 0 saturated carbocycles. The zero-order chi connectivity index (χ0) is 12.3. The summed E-state index contributed by atoms with van der Waals surface area (Å²) in [6.07, 6.45) is 2.38. The summed E-state index contributed by atoms with van der Waals surface area (Å²) in [5.74, 6) is 0.450. The van der Waals surface area contributed by atoms with Crippen LogP contribution in [-0.4, -0.2) is 37.8 Å². The molecular weight excluding hydrogens is 222 g/mol. The summed E-state index contributed by atoms with van der Waals surface area (Å²) in [5, 5.41) is 11.7. The molecule has 0 bridgehead atoms. The Labute approximate surface area is 97.5 Å². The summed E-state index contributed by atoms with van der Waals surface area (Å²) < 4.78 is 1.84. The monoisotopic (exact) mass is 237 g/mol. The molecule has 0 aliphatic carbocycles. The van der Waals surface area contributed by atoms with Crippen molar-refractivity contribution >= 4 is 17.1 Å². The van der Waals surface area contributed by atoms with Gasteiger partial charge in [-0.25, -0.2) is 4.98 Å². The number of aromatic amines is 1. The second kappa shape index (κ2) is 4.96. The van der Waals surface area contributed by atoms with Gasteiger partial charge in [-0.2, -0.15) is 4.98 Å². The third kappa shape index (κ3) is 2.14. The number of aliphatic hydroxyl groups excluding tert-OH is 1. The molecule has 2 aromatic rings. The van der Waals surface area contributed by atoms with Crippen LogP contribution in [0.1, 0.15) is 13.3 Å². The van der Waals surface area contributed by atoms with Gasteiger partial charge in [0.05, 0.1) is 12.9 Å². The Kier molecular flexibility index (Phi) is 3.38. The number of fused-ring (bicyclic) bond motifs is 1. The van der Waals surface area contributed by atoms with Crippen molar-refractivity contribution in [2.24, 2.45) is 0 Å². The molecule has 0 radical (unpaired) electrons. The van der Waals surface area contributed by atoms with Crippen LogP contribution in [-0.2, 0) is 6.54 Å². The largest absolute Gasteiger partial charge is 0.395 e. The lowest BCUT2D eigenvalue weighted by Gasteiger charge is -2.12. The van der Waals surface area contributed by atoms with E-state index in [9.17, 15) is 4.79 Å². The van der Waals surface area contributed by atoms with Crippen molar-refractivity contribution in [1.29, 1.82) is 0 Å². The zero-order valence-corrected chi connectivity index (χ0v) is 9.60. The molecule has 2 heterocycles. The number of rotatable bonds is 5. The predicted octanol–water partition coefficient (Wildman–Crippen LogP) is -0.0662. The molecular formula is C10H15N5O2. The highest BCUT2D eigenvalue weighted by atomic mass is 16.3. The van der Waals surface area contributed by atoms with Gasteiger partial charge in [-0.15, -0.1) is 0 Å². The molecule has 7 heteroatoms. The maximum Gasteiger partial charge on any atom is 0.300 e. The van der Waals surface area contributed by atoms with E-state index >= 15 is 0 Å². The molecule has 3 N–H and O–H groups in total. The van der Waals surface area contributed by atoms with Crippen LogP contribution in [0.4, 0.5) is 5.95 Å². The standard InChI is InChI=1S/C10H15N5O2/c1-2-4-15-8-7(12-6-13-8)9(17)14-10(15)11-3-5-16/h6,16H,2-5H2,1H3,(H,12,13)(H,11,14,17). The van der Waals surface area contributed by atoms with Crippen LogP contribution in [0.2, 0.25) is 0 Å². The minimum Gasteiger partial charge on any atom is -0.395 e. The fourth-order valence-electron chi connectivity index (χ4n) is 1.70. The van der Waals surface area contributed by atoms with Crippen molar-refractivity contribution < 1.29 is 5.11 Å². The highest BCUT2D eigenvalue weighted by Crippen LogP contribution is 2.11. The first-order valence-electron chi connectivity index (χ1n) is 5.56. The summed E-state index contributed by atoms with van der Waals surface area (Å²) in [7, 11) is 0. The Balaban J connectivity index is 2.55. The van der Waals surface area contributed by atoms with E-state index in [4.69, 9.17) is 5.11 Å². The number of nitrogens with zero attached hydrogens (tertiary/aromatic N) is 3. The molecule has 0 unspecified atom stereocenters. The molecule has 0 fully saturated rings. The highest BCUT2D eigenvalue weighted by molar-refractivity contribution is 5.70. The minimum absolute atomic E-state index is 0.0133. The molecule has 0 saturated heterocycles. The fraction of sp³-hybridized carbons (Fsp3) is 0.500. The molecule has 0 amide bonds. The molecule has 2 aromatic heterocycles. The average molecular weight is 237 g/mol. The van der Waals surface area contributed by atoms with Crippen molar-refractivity contribution in [3.05, 3.63) is 16.7 Å². The average Bonchev–Trinajstić information content (AvgIpc) is 2.80. The molecule has 2 rings (SSSR count). The topological polar surface area (TPSA) is 95.8 Å². The fourth-order valence-corrected chi connectivity index (χ4v) is 1.70. The Morgan fingerprint density at radius 1 is 1.59 bits per heavy atom.